The van der Waals surface area contributed by atoms with E-state index >= 15 is 0 Å². The molecule has 0 aromatic heterocycles. The van der Waals surface area contributed by atoms with Gasteiger partial charge in [-0.2, -0.15) is 0 Å². The number of rotatable bonds is 23. The number of hydrogen-bond acceptors (Lipinski definition) is 3. The fourth-order valence-corrected chi connectivity index (χ4v) is 4.19. The standard InChI is InChI=1S/C23H49O4P/c1-3-5-7-9-10-11-12-13-14-15-16-17-19-21-23-27-28(24,25)26-22-20-18-8-6-4-2/h3-23H2,1-2H3,(H,24,25). The van der Waals surface area contributed by atoms with Crippen molar-refractivity contribution in [1.82, 2.24) is 0 Å². The smallest absolute Gasteiger partial charge is 0.302 e. The molecule has 0 aliphatic heterocycles. The fourth-order valence-electron chi connectivity index (χ4n) is 3.40. The van der Waals surface area contributed by atoms with E-state index in [1.807, 2.05) is 0 Å². The average Bonchev–Trinajstić information content (AvgIpc) is 2.67. The van der Waals surface area contributed by atoms with Crippen molar-refractivity contribution in [3.05, 3.63) is 0 Å². The molecule has 170 valence electrons. The van der Waals surface area contributed by atoms with Crippen molar-refractivity contribution in [2.45, 2.75) is 136 Å². The highest BCUT2D eigenvalue weighted by Gasteiger charge is 2.19. The predicted octanol–water partition coefficient (Wildman–Crippen LogP) is 8.57. The third kappa shape index (κ3) is 22.4. The van der Waals surface area contributed by atoms with Crippen LogP contribution in [0.1, 0.15) is 136 Å². The summed E-state index contributed by atoms with van der Waals surface area (Å²) in [6, 6.07) is 0. The van der Waals surface area contributed by atoms with Gasteiger partial charge in [-0.1, -0.05) is 123 Å². The molecule has 0 fully saturated rings. The van der Waals surface area contributed by atoms with Gasteiger partial charge in [0.15, 0.2) is 0 Å². The molecule has 0 aromatic rings. The van der Waals surface area contributed by atoms with Gasteiger partial charge in [0, 0.05) is 0 Å². The second-order valence-corrected chi connectivity index (χ2v) is 9.60. The fraction of sp³-hybridized carbons (Fsp3) is 1.00. The highest BCUT2D eigenvalue weighted by atomic mass is 31.2. The molecule has 0 spiro atoms. The lowest BCUT2D eigenvalue weighted by Crippen LogP contribution is -1.99. The van der Waals surface area contributed by atoms with Crippen molar-refractivity contribution in [3.8, 4) is 0 Å². The van der Waals surface area contributed by atoms with E-state index in [0.29, 0.717) is 13.2 Å². The number of hydrogen-bond donors (Lipinski definition) is 1. The zero-order valence-electron chi connectivity index (χ0n) is 19.0. The maximum absolute atomic E-state index is 11.7. The normalized spacial score (nSPS) is 13.7. The van der Waals surface area contributed by atoms with Crippen LogP contribution < -0.4 is 0 Å². The van der Waals surface area contributed by atoms with Crippen molar-refractivity contribution in [3.63, 3.8) is 0 Å². The second kappa shape index (κ2) is 21.8. The minimum Gasteiger partial charge on any atom is -0.302 e. The van der Waals surface area contributed by atoms with Crippen LogP contribution in [0.2, 0.25) is 0 Å². The summed E-state index contributed by atoms with van der Waals surface area (Å²) in [6.07, 6.45) is 23.6. The van der Waals surface area contributed by atoms with Gasteiger partial charge < -0.3 is 4.89 Å². The van der Waals surface area contributed by atoms with E-state index in [1.54, 1.807) is 0 Å². The Kier molecular flexibility index (Phi) is 21.9. The van der Waals surface area contributed by atoms with Gasteiger partial charge in [0.1, 0.15) is 0 Å². The summed E-state index contributed by atoms with van der Waals surface area (Å²) in [5, 5.41) is 0. The molecule has 0 aromatic carbocycles. The van der Waals surface area contributed by atoms with E-state index in [9.17, 15) is 9.46 Å². The Labute approximate surface area is 175 Å². The molecule has 1 N–H and O–H groups in total. The first kappa shape index (κ1) is 28.1. The summed E-state index contributed by atoms with van der Waals surface area (Å²) in [6.45, 7) is 5.07. The van der Waals surface area contributed by atoms with E-state index in [-0.39, 0.29) is 0 Å². The summed E-state index contributed by atoms with van der Waals surface area (Å²) in [5.74, 6) is 0. The summed E-state index contributed by atoms with van der Waals surface area (Å²) < 4.78 is 21.8. The lowest BCUT2D eigenvalue weighted by Gasteiger charge is -2.12. The first-order valence-electron chi connectivity index (χ1n) is 12.2. The topological polar surface area (TPSA) is 55.8 Å². The molecule has 0 rings (SSSR count). The number of phosphoric ester groups is 1. The molecule has 1 unspecified atom stereocenters. The van der Waals surface area contributed by atoms with E-state index in [1.165, 1.54) is 89.9 Å². The van der Waals surface area contributed by atoms with Gasteiger partial charge in [-0.3, -0.25) is 9.05 Å². The van der Waals surface area contributed by atoms with E-state index in [2.05, 4.69) is 13.8 Å². The van der Waals surface area contributed by atoms with Crippen LogP contribution in [0.15, 0.2) is 0 Å². The second-order valence-electron chi connectivity index (χ2n) is 8.15. The highest BCUT2D eigenvalue weighted by Crippen LogP contribution is 2.43. The van der Waals surface area contributed by atoms with Gasteiger partial charge in [-0.15, -0.1) is 0 Å². The van der Waals surface area contributed by atoms with Crippen LogP contribution in [-0.2, 0) is 13.6 Å². The third-order valence-electron chi connectivity index (χ3n) is 5.25. The molecular weight excluding hydrogens is 371 g/mol. The molecule has 0 amide bonds. The molecule has 28 heavy (non-hydrogen) atoms. The molecule has 0 radical (unpaired) electrons. The molecule has 1 atom stereocenters. The van der Waals surface area contributed by atoms with Crippen LogP contribution in [0.4, 0.5) is 0 Å². The van der Waals surface area contributed by atoms with Gasteiger partial charge in [0.25, 0.3) is 0 Å². The van der Waals surface area contributed by atoms with E-state index < -0.39 is 7.82 Å². The van der Waals surface area contributed by atoms with E-state index in [4.69, 9.17) is 9.05 Å². The van der Waals surface area contributed by atoms with Gasteiger partial charge >= 0.3 is 7.82 Å². The molecule has 0 saturated heterocycles. The van der Waals surface area contributed by atoms with Crippen LogP contribution in [0.5, 0.6) is 0 Å². The van der Waals surface area contributed by atoms with Crippen molar-refractivity contribution in [2.75, 3.05) is 13.2 Å². The van der Waals surface area contributed by atoms with Crippen LogP contribution in [0.25, 0.3) is 0 Å². The summed E-state index contributed by atoms with van der Waals surface area (Å²) in [7, 11) is -3.83. The first-order valence-corrected chi connectivity index (χ1v) is 13.7. The molecule has 0 bridgehead atoms. The zero-order chi connectivity index (χ0) is 20.8. The van der Waals surface area contributed by atoms with Crippen LogP contribution in [-0.4, -0.2) is 18.1 Å². The van der Waals surface area contributed by atoms with Gasteiger partial charge in [-0.05, 0) is 12.8 Å². The number of unbranched alkanes of at least 4 members (excludes halogenated alkanes) is 17. The minimum atomic E-state index is -3.83. The average molecular weight is 421 g/mol. The summed E-state index contributed by atoms with van der Waals surface area (Å²) >= 11 is 0. The van der Waals surface area contributed by atoms with Crippen molar-refractivity contribution in [1.29, 1.82) is 0 Å². The molecule has 0 aliphatic rings. The molecule has 0 saturated carbocycles. The Morgan fingerprint density at radius 3 is 1.04 bits per heavy atom. The Morgan fingerprint density at radius 1 is 0.500 bits per heavy atom. The van der Waals surface area contributed by atoms with Crippen molar-refractivity contribution in [2.24, 2.45) is 0 Å². The maximum Gasteiger partial charge on any atom is 0.472 e. The Balaban J connectivity index is 3.26. The Bertz CT molecular complexity index is 349. The van der Waals surface area contributed by atoms with Crippen LogP contribution in [0, 0.1) is 0 Å². The zero-order valence-corrected chi connectivity index (χ0v) is 19.9. The van der Waals surface area contributed by atoms with Gasteiger partial charge in [-0.25, -0.2) is 4.57 Å². The first-order chi connectivity index (χ1) is 13.6. The lowest BCUT2D eigenvalue weighted by atomic mass is 10.0. The Hall–Kier alpha value is 0.110. The largest absolute Gasteiger partial charge is 0.472 e. The molecule has 5 heteroatoms. The Morgan fingerprint density at radius 2 is 0.750 bits per heavy atom. The number of phosphoric acid groups is 1. The van der Waals surface area contributed by atoms with E-state index in [0.717, 1.165) is 32.1 Å². The highest BCUT2D eigenvalue weighted by molar-refractivity contribution is 7.47. The quantitative estimate of drug-likeness (QED) is 0.133. The predicted molar refractivity (Wildman–Crippen MR) is 121 cm³/mol. The summed E-state index contributed by atoms with van der Waals surface area (Å²) in [4.78, 5) is 9.63. The third-order valence-corrected chi connectivity index (χ3v) is 6.27. The molecule has 0 aliphatic carbocycles. The summed E-state index contributed by atoms with van der Waals surface area (Å²) in [5.41, 5.74) is 0. The monoisotopic (exact) mass is 420 g/mol. The molecule has 4 nitrogen and oxygen atoms in total. The van der Waals surface area contributed by atoms with Crippen molar-refractivity contribution >= 4 is 7.82 Å². The molecule has 0 heterocycles. The van der Waals surface area contributed by atoms with Crippen molar-refractivity contribution < 1.29 is 18.5 Å². The maximum atomic E-state index is 11.7. The SMILES string of the molecule is CCCCCCCCCCCCCCCCOP(=O)(O)OCCCCCCC. The lowest BCUT2D eigenvalue weighted by molar-refractivity contribution is 0.145. The van der Waals surface area contributed by atoms with Crippen LogP contribution in [0.3, 0.4) is 0 Å². The minimum absolute atomic E-state index is 0.316. The van der Waals surface area contributed by atoms with Crippen LogP contribution >= 0.6 is 7.82 Å². The van der Waals surface area contributed by atoms with Gasteiger partial charge in [0.05, 0.1) is 13.2 Å². The van der Waals surface area contributed by atoms with Gasteiger partial charge in [0.2, 0.25) is 0 Å². The molecular formula is C23H49O4P.